The third-order valence-corrected chi connectivity index (χ3v) is 1.65. The number of hydrogen-bond acceptors (Lipinski definition) is 0. The third-order valence-electron chi connectivity index (χ3n) is 1.42. The maximum Gasteiger partial charge on any atom is 0.107 e. The Bertz CT molecular complexity index is 220. The van der Waals surface area contributed by atoms with Crippen LogP contribution in [0, 0.1) is 0 Å². The third kappa shape index (κ3) is 1.72. The fourth-order valence-electron chi connectivity index (χ4n) is 0.813. The molecular formula is C8H11ClN+. The molecule has 0 amide bonds. The van der Waals surface area contributed by atoms with Gasteiger partial charge in [0.05, 0.1) is 0 Å². The minimum absolute atomic E-state index is 0.318. The maximum absolute atomic E-state index is 5.76. The molecule has 1 aromatic rings. The van der Waals surface area contributed by atoms with E-state index in [1.807, 2.05) is 31.2 Å². The lowest BCUT2D eigenvalue weighted by Crippen LogP contribution is -2.51. The number of hydrogen-bond donors (Lipinski definition) is 1. The van der Waals surface area contributed by atoms with Gasteiger partial charge in [-0.3, -0.25) is 0 Å². The number of quaternary nitrogens is 1. The molecule has 10 heavy (non-hydrogen) atoms. The van der Waals surface area contributed by atoms with Crippen LogP contribution in [-0.4, -0.2) is 0 Å². The molecule has 0 spiro atoms. The van der Waals surface area contributed by atoms with Crippen molar-refractivity contribution in [2.24, 2.45) is 0 Å². The maximum atomic E-state index is 5.76. The summed E-state index contributed by atoms with van der Waals surface area (Å²) in [5.74, 6) is 0. The summed E-state index contributed by atoms with van der Waals surface area (Å²) < 4.78 is 0. The molecule has 0 unspecified atom stereocenters. The van der Waals surface area contributed by atoms with Crippen molar-refractivity contribution >= 4 is 11.6 Å². The van der Waals surface area contributed by atoms with E-state index < -0.39 is 0 Å². The Morgan fingerprint density at radius 1 is 1.50 bits per heavy atom. The van der Waals surface area contributed by atoms with E-state index in [1.54, 1.807) is 0 Å². The summed E-state index contributed by atoms with van der Waals surface area (Å²) >= 11 is 5.76. The Hall–Kier alpha value is -0.530. The van der Waals surface area contributed by atoms with Crippen LogP contribution in [-0.2, 0) is 0 Å². The zero-order valence-electron chi connectivity index (χ0n) is 5.97. The lowest BCUT2D eigenvalue weighted by Gasteiger charge is -2.00. The summed E-state index contributed by atoms with van der Waals surface area (Å²) in [6.45, 7) is 2.05. The van der Waals surface area contributed by atoms with Crippen LogP contribution in [0.4, 0.5) is 0 Å². The quantitative estimate of drug-likeness (QED) is 0.641. The second kappa shape index (κ2) is 3.04. The number of benzene rings is 1. The van der Waals surface area contributed by atoms with Crippen molar-refractivity contribution in [1.82, 2.24) is 0 Å². The number of halogens is 1. The van der Waals surface area contributed by atoms with Gasteiger partial charge in [0.1, 0.15) is 6.04 Å². The lowest BCUT2D eigenvalue weighted by atomic mass is 10.1. The van der Waals surface area contributed by atoms with E-state index in [9.17, 15) is 0 Å². The van der Waals surface area contributed by atoms with Gasteiger partial charge in [-0.1, -0.05) is 23.7 Å². The van der Waals surface area contributed by atoms with Crippen molar-refractivity contribution in [3.8, 4) is 0 Å². The summed E-state index contributed by atoms with van der Waals surface area (Å²) in [6, 6.07) is 8.11. The highest BCUT2D eigenvalue weighted by molar-refractivity contribution is 6.30. The van der Waals surface area contributed by atoms with Crippen LogP contribution in [0.3, 0.4) is 0 Å². The van der Waals surface area contributed by atoms with E-state index in [2.05, 4.69) is 5.73 Å². The molecule has 3 N–H and O–H groups in total. The van der Waals surface area contributed by atoms with Crippen LogP contribution in [0.15, 0.2) is 24.3 Å². The van der Waals surface area contributed by atoms with E-state index in [4.69, 9.17) is 11.6 Å². The van der Waals surface area contributed by atoms with Gasteiger partial charge in [-0.05, 0) is 19.1 Å². The first kappa shape index (κ1) is 7.58. The number of rotatable bonds is 1. The highest BCUT2D eigenvalue weighted by Gasteiger charge is 2.00. The monoisotopic (exact) mass is 156 g/mol. The molecule has 0 fully saturated rings. The predicted molar refractivity (Wildman–Crippen MR) is 42.8 cm³/mol. The molecule has 0 saturated heterocycles. The van der Waals surface area contributed by atoms with Crippen molar-refractivity contribution in [2.45, 2.75) is 13.0 Å². The SMILES string of the molecule is C[C@@H]([NH3+])c1cccc(Cl)c1. The van der Waals surface area contributed by atoms with Gasteiger partial charge in [0.25, 0.3) is 0 Å². The fourth-order valence-corrected chi connectivity index (χ4v) is 1.01. The first-order chi connectivity index (χ1) is 4.70. The molecule has 0 bridgehead atoms. The standard InChI is InChI=1S/C8H10ClN/c1-6(10)7-3-2-4-8(9)5-7/h2-6H,10H2,1H3/p+1/t6-/m1/s1. The Labute approximate surface area is 65.8 Å². The molecule has 0 aliphatic rings. The van der Waals surface area contributed by atoms with Crippen molar-refractivity contribution < 1.29 is 5.73 Å². The Balaban J connectivity index is 2.96. The summed E-state index contributed by atoms with van der Waals surface area (Å²) in [5, 5.41) is 0.785. The van der Waals surface area contributed by atoms with Gasteiger partial charge in [-0.15, -0.1) is 0 Å². The van der Waals surface area contributed by atoms with E-state index in [0.29, 0.717) is 6.04 Å². The van der Waals surface area contributed by atoms with Gasteiger partial charge in [-0.2, -0.15) is 0 Å². The van der Waals surface area contributed by atoms with E-state index in [1.165, 1.54) is 5.56 Å². The van der Waals surface area contributed by atoms with Gasteiger partial charge in [0, 0.05) is 10.6 Å². The molecule has 0 radical (unpaired) electrons. The zero-order valence-corrected chi connectivity index (χ0v) is 6.73. The smallest absolute Gasteiger partial charge is 0.107 e. The van der Waals surface area contributed by atoms with Crippen LogP contribution in [0.5, 0.6) is 0 Å². The Morgan fingerprint density at radius 2 is 2.20 bits per heavy atom. The molecule has 2 heteroatoms. The molecular weight excluding hydrogens is 146 g/mol. The second-order valence-corrected chi connectivity index (χ2v) is 2.89. The summed E-state index contributed by atoms with van der Waals surface area (Å²) in [7, 11) is 0. The highest BCUT2D eigenvalue weighted by Crippen LogP contribution is 2.13. The Kier molecular flexibility index (Phi) is 2.30. The minimum atomic E-state index is 0.318. The summed E-state index contributed by atoms with van der Waals surface area (Å²) in [6.07, 6.45) is 0. The first-order valence-electron chi connectivity index (χ1n) is 3.28. The molecule has 0 saturated carbocycles. The van der Waals surface area contributed by atoms with Crippen molar-refractivity contribution in [3.05, 3.63) is 34.9 Å². The molecule has 1 nitrogen and oxygen atoms in total. The summed E-state index contributed by atoms with van der Waals surface area (Å²) in [4.78, 5) is 0. The van der Waals surface area contributed by atoms with E-state index in [-0.39, 0.29) is 0 Å². The zero-order chi connectivity index (χ0) is 7.56. The predicted octanol–water partition coefficient (Wildman–Crippen LogP) is 1.64. The van der Waals surface area contributed by atoms with Crippen molar-refractivity contribution in [1.29, 1.82) is 0 Å². The van der Waals surface area contributed by atoms with Gasteiger partial charge < -0.3 is 5.73 Å². The highest BCUT2D eigenvalue weighted by atomic mass is 35.5. The molecule has 1 aromatic carbocycles. The molecule has 0 aromatic heterocycles. The normalized spacial score (nSPS) is 13.1. The topological polar surface area (TPSA) is 27.6 Å². The average Bonchev–Trinajstić information content (AvgIpc) is 1.88. The molecule has 0 aliphatic heterocycles. The average molecular weight is 157 g/mol. The van der Waals surface area contributed by atoms with E-state index >= 15 is 0 Å². The molecule has 1 rings (SSSR count). The van der Waals surface area contributed by atoms with Gasteiger partial charge in [0.15, 0.2) is 0 Å². The van der Waals surface area contributed by atoms with Crippen molar-refractivity contribution in [3.63, 3.8) is 0 Å². The van der Waals surface area contributed by atoms with Crippen LogP contribution in [0.1, 0.15) is 18.5 Å². The molecule has 0 aliphatic carbocycles. The molecule has 0 heterocycles. The van der Waals surface area contributed by atoms with Crippen LogP contribution in [0.25, 0.3) is 0 Å². The second-order valence-electron chi connectivity index (χ2n) is 2.46. The van der Waals surface area contributed by atoms with E-state index in [0.717, 1.165) is 5.02 Å². The van der Waals surface area contributed by atoms with Crippen LogP contribution < -0.4 is 5.73 Å². The first-order valence-corrected chi connectivity index (χ1v) is 3.66. The minimum Gasteiger partial charge on any atom is -0.352 e. The van der Waals surface area contributed by atoms with Crippen LogP contribution in [0.2, 0.25) is 5.02 Å². The van der Waals surface area contributed by atoms with Crippen molar-refractivity contribution in [2.75, 3.05) is 0 Å². The lowest BCUT2D eigenvalue weighted by molar-refractivity contribution is -0.420. The largest absolute Gasteiger partial charge is 0.352 e. The molecule has 54 valence electrons. The van der Waals surface area contributed by atoms with Crippen LogP contribution >= 0.6 is 11.6 Å². The molecule has 1 atom stereocenters. The van der Waals surface area contributed by atoms with Gasteiger partial charge in [0.2, 0.25) is 0 Å². The Morgan fingerprint density at radius 3 is 2.60 bits per heavy atom. The fraction of sp³-hybridized carbons (Fsp3) is 0.250. The summed E-state index contributed by atoms with van der Waals surface area (Å²) in [5.41, 5.74) is 5.08. The van der Waals surface area contributed by atoms with Gasteiger partial charge >= 0.3 is 0 Å². The van der Waals surface area contributed by atoms with Gasteiger partial charge in [-0.25, -0.2) is 0 Å².